The maximum atomic E-state index is 3.52. The summed E-state index contributed by atoms with van der Waals surface area (Å²) in [6.45, 7) is 8.06. The Morgan fingerprint density at radius 3 is 2.53 bits per heavy atom. The van der Waals surface area contributed by atoms with Gasteiger partial charge in [0, 0.05) is 36.3 Å². The Morgan fingerprint density at radius 1 is 1.20 bits per heavy atom. The zero-order valence-corrected chi connectivity index (χ0v) is 10.7. The van der Waals surface area contributed by atoms with Crippen molar-refractivity contribution in [2.75, 3.05) is 37.6 Å². The molecule has 0 spiro atoms. The van der Waals surface area contributed by atoms with E-state index in [1.54, 1.807) is 0 Å². The molecule has 0 N–H and O–H groups in total. The second kappa shape index (κ2) is 4.99. The molecule has 1 aliphatic heterocycles. The van der Waals surface area contributed by atoms with E-state index in [1.165, 1.54) is 25.3 Å². The highest BCUT2D eigenvalue weighted by molar-refractivity contribution is 9.10. The minimum Gasteiger partial charge on any atom is -0.369 e. The van der Waals surface area contributed by atoms with Gasteiger partial charge in [0.15, 0.2) is 0 Å². The summed E-state index contributed by atoms with van der Waals surface area (Å²) >= 11 is 3.52. The molecule has 1 aromatic carbocycles. The fourth-order valence-corrected chi connectivity index (χ4v) is 2.38. The third-order valence-electron chi connectivity index (χ3n) is 2.99. The number of hydrogen-bond donors (Lipinski definition) is 0. The van der Waals surface area contributed by atoms with E-state index in [-0.39, 0.29) is 0 Å². The smallest absolute Gasteiger partial charge is 0.0378 e. The molecule has 0 saturated carbocycles. The Kier molecular flexibility index (Phi) is 3.65. The second-order valence-corrected chi connectivity index (χ2v) is 4.82. The van der Waals surface area contributed by atoms with Gasteiger partial charge in [0.25, 0.3) is 0 Å². The topological polar surface area (TPSA) is 6.48 Å². The molecule has 2 rings (SSSR count). The van der Waals surface area contributed by atoms with Crippen LogP contribution < -0.4 is 4.90 Å². The third kappa shape index (κ3) is 2.73. The lowest BCUT2D eigenvalue weighted by Gasteiger charge is -2.35. The summed E-state index contributed by atoms with van der Waals surface area (Å²) in [4.78, 5) is 4.95. The molecule has 1 fully saturated rings. The van der Waals surface area contributed by atoms with E-state index in [4.69, 9.17) is 0 Å². The van der Waals surface area contributed by atoms with Crippen LogP contribution >= 0.6 is 15.9 Å². The van der Waals surface area contributed by atoms with Crippen LogP contribution in [-0.2, 0) is 0 Å². The van der Waals surface area contributed by atoms with Gasteiger partial charge in [-0.2, -0.15) is 0 Å². The van der Waals surface area contributed by atoms with Gasteiger partial charge in [-0.3, -0.25) is 0 Å². The minimum atomic E-state index is 1.14. The van der Waals surface area contributed by atoms with Crippen molar-refractivity contribution in [3.63, 3.8) is 0 Å². The van der Waals surface area contributed by atoms with Gasteiger partial charge in [0.1, 0.15) is 0 Å². The molecule has 2 nitrogen and oxygen atoms in total. The summed E-state index contributed by atoms with van der Waals surface area (Å²) < 4.78 is 1.16. The van der Waals surface area contributed by atoms with Crippen LogP contribution in [0.3, 0.4) is 0 Å². The Labute approximate surface area is 100 Å². The molecule has 3 heteroatoms. The van der Waals surface area contributed by atoms with Crippen molar-refractivity contribution in [1.29, 1.82) is 0 Å². The first-order valence-electron chi connectivity index (χ1n) is 5.52. The monoisotopic (exact) mass is 268 g/mol. The van der Waals surface area contributed by atoms with Gasteiger partial charge < -0.3 is 9.80 Å². The van der Waals surface area contributed by atoms with E-state index in [9.17, 15) is 0 Å². The van der Waals surface area contributed by atoms with Crippen molar-refractivity contribution in [1.82, 2.24) is 4.90 Å². The average molecular weight is 269 g/mol. The number of halogens is 1. The summed E-state index contributed by atoms with van der Waals surface area (Å²) in [6.07, 6.45) is 0. The molecule has 1 aliphatic rings. The molecule has 1 saturated heterocycles. The second-order valence-electron chi connectivity index (χ2n) is 3.90. The molecule has 0 radical (unpaired) electrons. The Bertz CT molecular complexity index is 319. The number of hydrogen-bond acceptors (Lipinski definition) is 2. The molecule has 0 unspecified atom stereocenters. The van der Waals surface area contributed by atoms with Crippen LogP contribution in [0.4, 0.5) is 5.69 Å². The quantitative estimate of drug-likeness (QED) is 0.814. The molecule has 0 bridgehead atoms. The van der Waals surface area contributed by atoms with Crippen molar-refractivity contribution in [3.8, 4) is 0 Å². The van der Waals surface area contributed by atoms with Crippen LogP contribution in [0.1, 0.15) is 6.92 Å². The lowest BCUT2D eigenvalue weighted by molar-refractivity contribution is 0.271. The van der Waals surface area contributed by atoms with E-state index in [1.807, 2.05) is 0 Å². The van der Waals surface area contributed by atoms with E-state index < -0.39 is 0 Å². The highest BCUT2D eigenvalue weighted by Crippen LogP contribution is 2.20. The van der Waals surface area contributed by atoms with Gasteiger partial charge in [0.05, 0.1) is 0 Å². The SMILES string of the molecule is CCN1CCN(c2cccc(Br)c2)CC1. The maximum absolute atomic E-state index is 3.52. The van der Waals surface area contributed by atoms with Gasteiger partial charge in [-0.1, -0.05) is 28.9 Å². The van der Waals surface area contributed by atoms with E-state index >= 15 is 0 Å². The van der Waals surface area contributed by atoms with E-state index in [2.05, 4.69) is 56.9 Å². The van der Waals surface area contributed by atoms with Crippen LogP contribution in [0, 0.1) is 0 Å². The predicted molar refractivity (Wildman–Crippen MR) is 68.5 cm³/mol. The first-order valence-corrected chi connectivity index (χ1v) is 6.32. The van der Waals surface area contributed by atoms with Gasteiger partial charge >= 0.3 is 0 Å². The molecular weight excluding hydrogens is 252 g/mol. The standard InChI is InChI=1S/C12H17BrN2/c1-2-14-6-8-15(9-7-14)12-5-3-4-11(13)10-12/h3-5,10H,2,6-9H2,1H3. The largest absolute Gasteiger partial charge is 0.369 e. The zero-order chi connectivity index (χ0) is 10.7. The van der Waals surface area contributed by atoms with E-state index in [0.29, 0.717) is 0 Å². The highest BCUT2D eigenvalue weighted by Gasteiger charge is 2.15. The molecule has 0 aromatic heterocycles. The molecule has 1 heterocycles. The summed E-state index contributed by atoms with van der Waals surface area (Å²) in [5.41, 5.74) is 1.33. The lowest BCUT2D eigenvalue weighted by Crippen LogP contribution is -2.46. The lowest BCUT2D eigenvalue weighted by atomic mass is 10.2. The zero-order valence-electron chi connectivity index (χ0n) is 9.12. The van der Waals surface area contributed by atoms with Gasteiger partial charge in [-0.15, -0.1) is 0 Å². The van der Waals surface area contributed by atoms with Crippen molar-refractivity contribution in [3.05, 3.63) is 28.7 Å². The normalized spacial score (nSPS) is 18.1. The number of benzene rings is 1. The molecule has 15 heavy (non-hydrogen) atoms. The summed E-state index contributed by atoms with van der Waals surface area (Å²) in [6, 6.07) is 8.56. The molecule has 1 aromatic rings. The number of rotatable bonds is 2. The van der Waals surface area contributed by atoms with Crippen LogP contribution in [0.2, 0.25) is 0 Å². The number of likely N-dealkylation sites (N-methyl/N-ethyl adjacent to an activating group) is 1. The Balaban J connectivity index is 2.01. The maximum Gasteiger partial charge on any atom is 0.0378 e. The molecule has 82 valence electrons. The fraction of sp³-hybridized carbons (Fsp3) is 0.500. The molecule has 0 amide bonds. The van der Waals surface area contributed by atoms with Gasteiger partial charge in [-0.25, -0.2) is 0 Å². The van der Waals surface area contributed by atoms with Crippen LogP contribution in [0.5, 0.6) is 0 Å². The van der Waals surface area contributed by atoms with E-state index in [0.717, 1.165) is 17.6 Å². The summed E-state index contributed by atoms with van der Waals surface area (Å²) in [5, 5.41) is 0. The van der Waals surface area contributed by atoms with Crippen LogP contribution in [0.15, 0.2) is 28.7 Å². The Hall–Kier alpha value is -0.540. The van der Waals surface area contributed by atoms with Crippen molar-refractivity contribution >= 4 is 21.6 Å². The Morgan fingerprint density at radius 2 is 1.93 bits per heavy atom. The average Bonchev–Trinajstić information content (AvgIpc) is 2.29. The van der Waals surface area contributed by atoms with Crippen LogP contribution in [0.25, 0.3) is 0 Å². The molecule has 0 aliphatic carbocycles. The third-order valence-corrected chi connectivity index (χ3v) is 3.49. The first-order chi connectivity index (χ1) is 7.29. The van der Waals surface area contributed by atoms with Gasteiger partial charge in [0.2, 0.25) is 0 Å². The van der Waals surface area contributed by atoms with Crippen LogP contribution in [-0.4, -0.2) is 37.6 Å². The summed E-state index contributed by atoms with van der Waals surface area (Å²) in [5.74, 6) is 0. The fourth-order valence-electron chi connectivity index (χ4n) is 2.00. The molecule has 0 atom stereocenters. The van der Waals surface area contributed by atoms with Crippen molar-refractivity contribution in [2.24, 2.45) is 0 Å². The number of anilines is 1. The number of piperazine rings is 1. The van der Waals surface area contributed by atoms with Crippen molar-refractivity contribution < 1.29 is 0 Å². The van der Waals surface area contributed by atoms with Gasteiger partial charge in [-0.05, 0) is 24.7 Å². The van der Waals surface area contributed by atoms with Crippen molar-refractivity contribution in [2.45, 2.75) is 6.92 Å². The predicted octanol–water partition coefficient (Wildman–Crippen LogP) is 2.59. The molecular formula is C12H17BrN2. The number of nitrogens with zero attached hydrogens (tertiary/aromatic N) is 2. The summed E-state index contributed by atoms with van der Waals surface area (Å²) in [7, 11) is 0. The highest BCUT2D eigenvalue weighted by atomic mass is 79.9. The minimum absolute atomic E-state index is 1.14. The first kappa shape index (κ1) is 11.0.